The zero-order chi connectivity index (χ0) is 18.6. The monoisotopic (exact) mass is 355 g/mol. The van der Waals surface area contributed by atoms with E-state index in [0.29, 0.717) is 17.9 Å². The van der Waals surface area contributed by atoms with Gasteiger partial charge in [-0.15, -0.1) is 0 Å². The van der Waals surface area contributed by atoms with E-state index in [-0.39, 0.29) is 12.3 Å². The molecule has 0 radical (unpaired) electrons. The molecule has 1 aromatic carbocycles. The molecule has 4 N–H and O–H groups in total. The minimum atomic E-state index is -1.39. The average Bonchev–Trinajstić information content (AvgIpc) is 2.57. The number of carboxylic acids is 1. The number of aromatic nitrogens is 2. The minimum Gasteiger partial charge on any atom is -0.481 e. The molecule has 2 aliphatic rings. The number of nitrogens with one attached hydrogen (secondary N) is 1. The average molecular weight is 355 g/mol. The number of fused-ring (bicyclic) bond motifs is 4. The number of aliphatic hydroxyl groups is 2. The van der Waals surface area contributed by atoms with Gasteiger partial charge in [0, 0.05) is 23.5 Å². The van der Waals surface area contributed by atoms with Gasteiger partial charge in [0.25, 0.3) is 0 Å². The number of aliphatic hydroxyl groups excluding tert-OH is 1. The van der Waals surface area contributed by atoms with Crippen LogP contribution in [-0.4, -0.2) is 37.4 Å². The third-order valence-electron chi connectivity index (χ3n) is 5.63. The normalized spacial score (nSPS) is 29.3. The fourth-order valence-corrected chi connectivity index (χ4v) is 4.37. The Bertz CT molecular complexity index is 900. The van der Waals surface area contributed by atoms with Crippen molar-refractivity contribution in [3.8, 4) is 0 Å². The highest BCUT2D eigenvalue weighted by Crippen LogP contribution is 2.60. The highest BCUT2D eigenvalue weighted by atomic mass is 16.4. The van der Waals surface area contributed by atoms with Crippen LogP contribution in [-0.2, 0) is 10.4 Å². The van der Waals surface area contributed by atoms with Crippen LogP contribution in [0.1, 0.15) is 41.1 Å². The quantitative estimate of drug-likeness (QED) is 0.665. The summed E-state index contributed by atoms with van der Waals surface area (Å²) in [6, 6.07) is 5.54. The topological polar surface area (TPSA) is 116 Å². The molecular formula is C19H21N3O4. The molecular weight excluding hydrogens is 334 g/mol. The SMILES string of the molecule is Cc1ccnc(Nc2cc(C)c3c(c2)C2(O)C(O)CC(C(=O)O)CC32)n1. The number of carbonyl (C=O) groups is 1. The van der Waals surface area contributed by atoms with Crippen LogP contribution < -0.4 is 5.32 Å². The number of carboxylic acid groups (broad SMARTS) is 1. The molecule has 4 unspecified atom stereocenters. The van der Waals surface area contributed by atoms with Crippen LogP contribution in [0.3, 0.4) is 0 Å². The minimum absolute atomic E-state index is 0.0550. The molecule has 2 aliphatic carbocycles. The molecule has 7 heteroatoms. The van der Waals surface area contributed by atoms with E-state index in [2.05, 4.69) is 15.3 Å². The molecule has 1 heterocycles. The van der Waals surface area contributed by atoms with Crippen molar-refractivity contribution in [1.82, 2.24) is 9.97 Å². The Morgan fingerprint density at radius 2 is 2.08 bits per heavy atom. The molecule has 26 heavy (non-hydrogen) atoms. The summed E-state index contributed by atoms with van der Waals surface area (Å²) in [6.45, 7) is 3.80. The molecule has 0 saturated heterocycles. The summed E-state index contributed by atoms with van der Waals surface area (Å²) in [5.41, 5.74) is 2.72. The number of benzene rings is 1. The summed E-state index contributed by atoms with van der Waals surface area (Å²) in [5, 5.41) is 34.0. The lowest BCUT2D eigenvalue weighted by atomic mass is 9.53. The second-order valence-corrected chi connectivity index (χ2v) is 7.30. The van der Waals surface area contributed by atoms with Crippen LogP contribution in [0.2, 0.25) is 0 Å². The van der Waals surface area contributed by atoms with Crippen LogP contribution in [0.15, 0.2) is 24.4 Å². The molecule has 0 aliphatic heterocycles. The third kappa shape index (κ3) is 2.39. The van der Waals surface area contributed by atoms with Crippen LogP contribution >= 0.6 is 0 Å². The first-order chi connectivity index (χ1) is 12.3. The molecule has 2 aromatic rings. The van der Waals surface area contributed by atoms with Crippen molar-refractivity contribution in [3.63, 3.8) is 0 Å². The molecule has 136 valence electrons. The van der Waals surface area contributed by atoms with E-state index in [4.69, 9.17) is 0 Å². The third-order valence-corrected chi connectivity index (χ3v) is 5.63. The van der Waals surface area contributed by atoms with Crippen LogP contribution in [0.25, 0.3) is 0 Å². The van der Waals surface area contributed by atoms with Gasteiger partial charge in [0.05, 0.1) is 12.0 Å². The van der Waals surface area contributed by atoms with Gasteiger partial charge in [0.15, 0.2) is 0 Å². The molecule has 7 nitrogen and oxygen atoms in total. The van der Waals surface area contributed by atoms with Crippen molar-refractivity contribution >= 4 is 17.6 Å². The summed E-state index contributed by atoms with van der Waals surface area (Å²) in [4.78, 5) is 19.8. The largest absolute Gasteiger partial charge is 0.481 e. The maximum Gasteiger partial charge on any atom is 0.306 e. The smallest absolute Gasteiger partial charge is 0.306 e. The first kappa shape index (κ1) is 16.9. The molecule has 4 atom stereocenters. The van der Waals surface area contributed by atoms with Crippen molar-refractivity contribution in [1.29, 1.82) is 0 Å². The van der Waals surface area contributed by atoms with E-state index in [0.717, 1.165) is 22.5 Å². The molecule has 1 aromatic heterocycles. The highest BCUT2D eigenvalue weighted by Gasteiger charge is 2.60. The second-order valence-electron chi connectivity index (χ2n) is 7.30. The fourth-order valence-electron chi connectivity index (χ4n) is 4.37. The summed E-state index contributed by atoms with van der Waals surface area (Å²) in [6.07, 6.45) is 0.961. The summed E-state index contributed by atoms with van der Waals surface area (Å²) >= 11 is 0. The van der Waals surface area contributed by atoms with Gasteiger partial charge in [-0.3, -0.25) is 4.79 Å². The molecule has 0 bridgehead atoms. The van der Waals surface area contributed by atoms with E-state index in [1.54, 1.807) is 18.3 Å². The van der Waals surface area contributed by atoms with Crippen LogP contribution in [0.4, 0.5) is 11.6 Å². The molecule has 1 fully saturated rings. The lowest BCUT2D eigenvalue weighted by Crippen LogP contribution is -2.57. The Balaban J connectivity index is 1.70. The summed E-state index contributed by atoms with van der Waals surface area (Å²) in [5.74, 6) is -1.46. The van der Waals surface area contributed by atoms with Crippen molar-refractivity contribution in [2.24, 2.45) is 5.92 Å². The predicted octanol–water partition coefficient (Wildman–Crippen LogP) is 1.98. The van der Waals surface area contributed by atoms with Gasteiger partial charge < -0.3 is 20.6 Å². The van der Waals surface area contributed by atoms with Crippen LogP contribution in [0.5, 0.6) is 0 Å². The highest BCUT2D eigenvalue weighted by molar-refractivity contribution is 5.72. The van der Waals surface area contributed by atoms with Crippen molar-refractivity contribution in [2.45, 2.75) is 44.3 Å². The Kier molecular flexibility index (Phi) is 3.75. The zero-order valence-corrected chi connectivity index (χ0v) is 14.6. The molecule has 1 saturated carbocycles. The van der Waals surface area contributed by atoms with Gasteiger partial charge >= 0.3 is 5.97 Å². The number of hydrogen-bond donors (Lipinski definition) is 4. The molecule has 0 spiro atoms. The lowest BCUT2D eigenvalue weighted by molar-refractivity contribution is -0.168. The van der Waals surface area contributed by atoms with E-state index in [1.807, 2.05) is 19.9 Å². The second kappa shape index (κ2) is 5.75. The Hall–Kier alpha value is -2.51. The number of rotatable bonds is 3. The number of aliphatic carboxylic acids is 1. The fraction of sp³-hybridized carbons (Fsp3) is 0.421. The standard InChI is InChI=1S/C19H21N3O4/c1-9-5-12(22-18-20-4-3-10(2)21-18)8-14-16(9)13-6-11(17(24)25)7-15(23)19(13,14)26/h3-5,8,11,13,15,23,26H,6-7H2,1-2H3,(H,24,25)(H,20,21,22). The number of aryl methyl sites for hydroxylation is 2. The number of nitrogens with zero attached hydrogens (tertiary/aromatic N) is 2. The van der Waals surface area contributed by atoms with Gasteiger partial charge in [-0.05, 0) is 61.6 Å². The van der Waals surface area contributed by atoms with E-state index in [9.17, 15) is 20.1 Å². The predicted molar refractivity (Wildman–Crippen MR) is 94.2 cm³/mol. The van der Waals surface area contributed by atoms with Crippen molar-refractivity contribution in [3.05, 3.63) is 46.8 Å². The maximum atomic E-state index is 11.3. The van der Waals surface area contributed by atoms with E-state index in [1.165, 1.54) is 0 Å². The van der Waals surface area contributed by atoms with Crippen molar-refractivity contribution in [2.75, 3.05) is 5.32 Å². The zero-order valence-electron chi connectivity index (χ0n) is 14.6. The van der Waals surface area contributed by atoms with Crippen LogP contribution in [0, 0.1) is 19.8 Å². The number of anilines is 2. The van der Waals surface area contributed by atoms with Gasteiger partial charge in [-0.2, -0.15) is 0 Å². The van der Waals surface area contributed by atoms with Gasteiger partial charge in [0.2, 0.25) is 5.95 Å². The first-order valence-electron chi connectivity index (χ1n) is 8.65. The summed E-state index contributed by atoms with van der Waals surface area (Å²) < 4.78 is 0. The van der Waals surface area contributed by atoms with Crippen molar-refractivity contribution < 1.29 is 20.1 Å². The first-order valence-corrected chi connectivity index (χ1v) is 8.65. The Labute approximate surface area is 150 Å². The summed E-state index contributed by atoms with van der Waals surface area (Å²) in [7, 11) is 0. The lowest BCUT2D eigenvalue weighted by Gasteiger charge is -2.55. The molecule has 4 rings (SSSR count). The maximum absolute atomic E-state index is 11.3. The van der Waals surface area contributed by atoms with Gasteiger partial charge in [-0.25, -0.2) is 9.97 Å². The van der Waals surface area contributed by atoms with Gasteiger partial charge in [-0.1, -0.05) is 0 Å². The Morgan fingerprint density at radius 3 is 2.77 bits per heavy atom. The van der Waals surface area contributed by atoms with E-state index >= 15 is 0 Å². The number of hydrogen-bond acceptors (Lipinski definition) is 6. The molecule has 0 amide bonds. The van der Waals surface area contributed by atoms with Gasteiger partial charge in [0.1, 0.15) is 5.60 Å². The van der Waals surface area contributed by atoms with E-state index < -0.39 is 23.6 Å². The Morgan fingerprint density at radius 1 is 1.31 bits per heavy atom.